The van der Waals surface area contributed by atoms with E-state index in [1.54, 1.807) is 12.1 Å². The molecular formula is C17H22N4O9P. The minimum Gasteiger partial charge on any atom is -0.388 e. The number of phosphoric acid groups is 1. The number of phosphoric ester groups is 1. The summed E-state index contributed by atoms with van der Waals surface area (Å²) in [7, 11) is -4.89. The Bertz CT molecular complexity index is 1090. The van der Waals surface area contributed by atoms with E-state index in [4.69, 9.17) is 9.79 Å². The second-order valence-corrected chi connectivity index (χ2v) is 8.41. The van der Waals surface area contributed by atoms with E-state index in [1.807, 2.05) is 18.8 Å². The highest BCUT2D eigenvalue weighted by molar-refractivity contribution is 7.46. The summed E-state index contributed by atoms with van der Waals surface area (Å²) < 4.78 is 14.9. The highest BCUT2D eigenvalue weighted by Gasteiger charge is 2.33. The van der Waals surface area contributed by atoms with Gasteiger partial charge in [0.05, 0.1) is 24.5 Å². The first kappa shape index (κ1) is 23.2. The minimum absolute atomic E-state index is 0.0394. The number of aromatic amines is 1. The molecule has 1 aliphatic heterocycles. The smallest absolute Gasteiger partial charge is 0.388 e. The highest BCUT2D eigenvalue weighted by Crippen LogP contribution is 2.42. The third kappa shape index (κ3) is 5.05. The van der Waals surface area contributed by atoms with E-state index in [0.29, 0.717) is 11.4 Å². The van der Waals surface area contributed by atoms with Crippen molar-refractivity contribution in [2.75, 3.05) is 23.4 Å². The number of aryl methyl sites for hydroxylation is 2. The van der Waals surface area contributed by atoms with Crippen LogP contribution < -0.4 is 15.8 Å². The molecule has 0 aliphatic carbocycles. The monoisotopic (exact) mass is 457 g/mol. The summed E-state index contributed by atoms with van der Waals surface area (Å²) >= 11 is 0. The van der Waals surface area contributed by atoms with Crippen LogP contribution >= 0.6 is 7.82 Å². The van der Waals surface area contributed by atoms with Crippen LogP contribution in [0.15, 0.2) is 16.9 Å². The van der Waals surface area contributed by atoms with Crippen molar-refractivity contribution in [2.45, 2.75) is 32.2 Å². The molecule has 169 valence electrons. The van der Waals surface area contributed by atoms with E-state index in [0.717, 1.165) is 11.1 Å². The number of aliphatic hydroxyl groups excluding tert-OH is 3. The van der Waals surface area contributed by atoms with Crippen molar-refractivity contribution in [3.63, 3.8) is 0 Å². The lowest BCUT2D eigenvalue weighted by Gasteiger charge is -2.35. The fourth-order valence-electron chi connectivity index (χ4n) is 3.13. The first-order chi connectivity index (χ1) is 14.4. The Hall–Kier alpha value is -2.51. The Kier molecular flexibility index (Phi) is 6.39. The lowest BCUT2D eigenvalue weighted by atomic mass is 10.0. The molecule has 1 aliphatic rings. The van der Waals surface area contributed by atoms with Crippen molar-refractivity contribution in [1.29, 1.82) is 0 Å². The molecule has 0 saturated carbocycles. The van der Waals surface area contributed by atoms with E-state index in [9.17, 15) is 29.8 Å². The van der Waals surface area contributed by atoms with Gasteiger partial charge in [0.1, 0.15) is 24.0 Å². The third-order valence-electron chi connectivity index (χ3n) is 4.87. The average molecular weight is 457 g/mol. The second kappa shape index (κ2) is 8.55. The number of hydrogen-bond acceptors (Lipinski definition) is 9. The molecule has 13 nitrogen and oxygen atoms in total. The van der Waals surface area contributed by atoms with E-state index in [2.05, 4.69) is 14.8 Å². The molecule has 0 spiro atoms. The minimum atomic E-state index is -4.89. The van der Waals surface area contributed by atoms with Crippen LogP contribution in [-0.2, 0) is 14.2 Å². The van der Waals surface area contributed by atoms with Crippen LogP contribution in [-0.4, -0.2) is 66.5 Å². The number of β-amino-alcohol motifs (C(OH)–C–C–N with tert-alkyl or cyclic N) is 1. The van der Waals surface area contributed by atoms with Crippen LogP contribution in [0, 0.1) is 13.8 Å². The Labute approximate surface area is 175 Å². The largest absolute Gasteiger partial charge is 0.469 e. The van der Waals surface area contributed by atoms with Crippen molar-refractivity contribution in [2.24, 2.45) is 0 Å². The summed E-state index contributed by atoms with van der Waals surface area (Å²) in [5, 5.41) is 45.3. The van der Waals surface area contributed by atoms with Gasteiger partial charge in [-0.1, -0.05) is 0 Å². The van der Waals surface area contributed by atoms with Crippen LogP contribution in [0.1, 0.15) is 11.1 Å². The first-order valence-electron chi connectivity index (χ1n) is 9.09. The van der Waals surface area contributed by atoms with Crippen molar-refractivity contribution < 1.29 is 39.3 Å². The van der Waals surface area contributed by atoms with Gasteiger partial charge in [0, 0.05) is 0 Å². The quantitative estimate of drug-likeness (QED) is 0.273. The van der Waals surface area contributed by atoms with E-state index in [1.165, 1.54) is 4.90 Å². The van der Waals surface area contributed by atoms with E-state index >= 15 is 0 Å². The summed E-state index contributed by atoms with van der Waals surface area (Å²) in [5.74, 6) is -0.0864. The number of anilines is 4. The summed E-state index contributed by atoms with van der Waals surface area (Å²) in [6.07, 6.45) is -5.37. The number of nitrogens with one attached hydrogen (secondary N) is 2. The molecule has 0 bridgehead atoms. The molecule has 2 heterocycles. The maximum atomic E-state index is 12.3. The lowest BCUT2D eigenvalue weighted by molar-refractivity contribution is -0.0717. The molecule has 1 aromatic carbocycles. The highest BCUT2D eigenvalue weighted by atomic mass is 31.2. The van der Waals surface area contributed by atoms with Crippen molar-refractivity contribution in [3.05, 3.63) is 33.6 Å². The van der Waals surface area contributed by atoms with Crippen molar-refractivity contribution >= 4 is 30.7 Å². The van der Waals surface area contributed by atoms with E-state index < -0.39 is 50.9 Å². The van der Waals surface area contributed by atoms with Gasteiger partial charge in [0.25, 0.3) is 5.56 Å². The molecule has 31 heavy (non-hydrogen) atoms. The Morgan fingerprint density at radius 2 is 1.81 bits per heavy atom. The molecule has 2 aromatic rings. The van der Waals surface area contributed by atoms with Gasteiger partial charge in [0.15, 0.2) is 5.82 Å². The standard InChI is InChI=1S/C17H22N4O9P/c1-7-3-9-10(4-8(7)2)21(15-13(18-9)16(25)20-17(26)19-15)5-11(22)14(24)12(23)6-30-31(27,28)29/h3-4,11-12,14,18,22-24H,5-6H2,1-2H3,(H,19,20,25)(H2,27,28,29)/t11-,12+,14-/m0/s1. The Morgan fingerprint density at radius 3 is 2.45 bits per heavy atom. The summed E-state index contributed by atoms with van der Waals surface area (Å²) in [6.45, 7) is 2.35. The number of aromatic nitrogens is 2. The molecule has 0 amide bonds. The van der Waals surface area contributed by atoms with Gasteiger partial charge in [-0.05, 0) is 37.1 Å². The van der Waals surface area contributed by atoms with Gasteiger partial charge < -0.3 is 35.3 Å². The number of nitrogens with zero attached hydrogens (tertiary/aromatic N) is 2. The molecule has 0 unspecified atom stereocenters. The number of benzene rings is 1. The number of aliphatic hydroxyl groups is 3. The predicted octanol–water partition coefficient (Wildman–Crippen LogP) is -0.0824. The zero-order valence-corrected chi connectivity index (χ0v) is 17.4. The van der Waals surface area contributed by atoms with Crippen molar-refractivity contribution in [3.8, 4) is 6.01 Å². The SMILES string of the molecule is Cc1cc2c(cc1C)N(C[C@H](O)[C@H](O)[C@H](O)COP(=O)(O)O)c1nc([O])[nH]c(=O)c1N2. The fraction of sp³-hybridized carbons (Fsp3) is 0.412. The predicted molar refractivity (Wildman–Crippen MR) is 107 cm³/mol. The molecule has 7 N–H and O–H groups in total. The number of H-pyrrole nitrogens is 1. The van der Waals surface area contributed by atoms with Crippen LogP contribution in [0.5, 0.6) is 6.01 Å². The van der Waals surface area contributed by atoms with E-state index in [-0.39, 0.29) is 11.5 Å². The summed E-state index contributed by atoms with van der Waals surface area (Å²) in [4.78, 5) is 36.9. The molecule has 1 aromatic heterocycles. The molecule has 0 saturated heterocycles. The second-order valence-electron chi connectivity index (χ2n) is 7.17. The van der Waals surface area contributed by atoms with Gasteiger partial charge in [-0.3, -0.25) is 14.3 Å². The average Bonchev–Trinajstić information content (AvgIpc) is 2.67. The third-order valence-corrected chi connectivity index (χ3v) is 5.35. The van der Waals surface area contributed by atoms with Gasteiger partial charge >= 0.3 is 13.8 Å². The van der Waals surface area contributed by atoms with Gasteiger partial charge in [0.2, 0.25) is 0 Å². The number of fused-ring (bicyclic) bond motifs is 2. The molecule has 3 rings (SSSR count). The molecule has 1 radical (unpaired) electrons. The molecule has 3 atom stereocenters. The van der Waals surface area contributed by atoms with Crippen LogP contribution in [0.2, 0.25) is 0 Å². The topological polar surface area (TPSA) is 208 Å². The van der Waals surface area contributed by atoms with Gasteiger partial charge in [-0.25, -0.2) is 9.67 Å². The fourth-order valence-corrected chi connectivity index (χ4v) is 3.48. The lowest BCUT2D eigenvalue weighted by Crippen LogP contribution is -2.46. The summed E-state index contributed by atoms with van der Waals surface area (Å²) in [6, 6.07) is 2.59. The zero-order chi connectivity index (χ0) is 23.1. The van der Waals surface area contributed by atoms with Crippen LogP contribution in [0.25, 0.3) is 0 Å². The van der Waals surface area contributed by atoms with Crippen molar-refractivity contribution in [1.82, 2.24) is 9.97 Å². The zero-order valence-electron chi connectivity index (χ0n) is 16.5. The molecular weight excluding hydrogens is 435 g/mol. The molecule has 14 heteroatoms. The van der Waals surface area contributed by atoms with Gasteiger partial charge in [-0.15, -0.1) is 0 Å². The normalized spacial score (nSPS) is 16.2. The van der Waals surface area contributed by atoms with Gasteiger partial charge in [-0.2, -0.15) is 4.98 Å². The first-order valence-corrected chi connectivity index (χ1v) is 10.6. The maximum Gasteiger partial charge on any atom is 0.469 e. The van der Waals surface area contributed by atoms with Crippen LogP contribution in [0.4, 0.5) is 22.9 Å². The maximum absolute atomic E-state index is 12.3. The Balaban J connectivity index is 1.94. The summed E-state index contributed by atoms with van der Waals surface area (Å²) in [5.41, 5.74) is 1.96. The number of rotatable bonds is 7. The molecule has 0 fully saturated rings. The Morgan fingerprint density at radius 1 is 1.16 bits per heavy atom. The van der Waals surface area contributed by atoms with Crippen LogP contribution in [0.3, 0.4) is 0 Å². The number of hydrogen-bond donors (Lipinski definition) is 7.